The third-order valence-electron chi connectivity index (χ3n) is 5.37. The molecule has 2 fully saturated rings. The van der Waals surface area contributed by atoms with Crippen LogP contribution in [0.3, 0.4) is 0 Å². The van der Waals surface area contributed by atoms with Gasteiger partial charge >= 0.3 is 6.09 Å². The van der Waals surface area contributed by atoms with E-state index in [4.69, 9.17) is 9.47 Å². The minimum Gasteiger partial charge on any atom is -0.453 e. The zero-order valence-electron chi connectivity index (χ0n) is 16.2. The quantitative estimate of drug-likeness (QED) is 0.624. The summed E-state index contributed by atoms with van der Waals surface area (Å²) < 4.78 is 10.8. The molecule has 1 aromatic rings. The maximum Gasteiger partial charge on any atom is 0.409 e. The molecule has 148 valence electrons. The van der Waals surface area contributed by atoms with Gasteiger partial charge in [0.15, 0.2) is 5.96 Å². The van der Waals surface area contributed by atoms with Gasteiger partial charge in [-0.05, 0) is 24.8 Å². The van der Waals surface area contributed by atoms with E-state index in [2.05, 4.69) is 39.9 Å². The molecule has 7 nitrogen and oxygen atoms in total. The van der Waals surface area contributed by atoms with Crippen LogP contribution in [0, 0.1) is 5.92 Å². The number of piperidine rings is 1. The Kier molecular flexibility index (Phi) is 6.92. The lowest BCUT2D eigenvalue weighted by Crippen LogP contribution is -2.50. The molecule has 0 bridgehead atoms. The van der Waals surface area contributed by atoms with Gasteiger partial charge in [-0.2, -0.15) is 0 Å². The van der Waals surface area contributed by atoms with Gasteiger partial charge < -0.3 is 25.0 Å². The SMILES string of the molecule is CN=C(NCC1CCOC1c1ccccc1)NC1CCN(C(=O)OC)CC1. The molecule has 2 unspecified atom stereocenters. The van der Waals surface area contributed by atoms with E-state index in [-0.39, 0.29) is 12.2 Å². The number of nitrogens with zero attached hydrogens (tertiary/aromatic N) is 2. The van der Waals surface area contributed by atoms with Gasteiger partial charge in [0, 0.05) is 45.2 Å². The van der Waals surface area contributed by atoms with Crippen molar-refractivity contribution in [2.45, 2.75) is 31.4 Å². The number of hydrogen-bond donors (Lipinski definition) is 2. The zero-order chi connectivity index (χ0) is 19.1. The topological polar surface area (TPSA) is 75.2 Å². The number of amides is 1. The van der Waals surface area contributed by atoms with Crippen molar-refractivity contribution < 1.29 is 14.3 Å². The Hall–Kier alpha value is -2.28. The normalized spacial score (nSPS) is 23.9. The molecular weight excluding hydrogens is 344 g/mol. The number of benzene rings is 1. The molecular formula is C20H30N4O3. The van der Waals surface area contributed by atoms with Crippen molar-refractivity contribution in [1.29, 1.82) is 0 Å². The van der Waals surface area contributed by atoms with Gasteiger partial charge in [-0.3, -0.25) is 4.99 Å². The van der Waals surface area contributed by atoms with Gasteiger partial charge in [0.2, 0.25) is 0 Å². The third kappa shape index (κ3) is 5.13. The summed E-state index contributed by atoms with van der Waals surface area (Å²) in [5, 5.41) is 6.94. The van der Waals surface area contributed by atoms with Gasteiger partial charge in [-0.1, -0.05) is 30.3 Å². The van der Waals surface area contributed by atoms with E-state index >= 15 is 0 Å². The lowest BCUT2D eigenvalue weighted by molar-refractivity contribution is 0.0915. The van der Waals surface area contributed by atoms with E-state index in [1.165, 1.54) is 12.7 Å². The summed E-state index contributed by atoms with van der Waals surface area (Å²) in [7, 11) is 3.21. The summed E-state index contributed by atoms with van der Waals surface area (Å²) in [4.78, 5) is 17.7. The van der Waals surface area contributed by atoms with Crippen molar-refractivity contribution >= 4 is 12.1 Å². The van der Waals surface area contributed by atoms with E-state index in [9.17, 15) is 4.79 Å². The summed E-state index contributed by atoms with van der Waals surface area (Å²) in [5.74, 6) is 1.23. The predicted octanol–water partition coefficient (Wildman–Crippen LogP) is 2.16. The van der Waals surface area contributed by atoms with E-state index in [0.717, 1.165) is 38.4 Å². The van der Waals surface area contributed by atoms with Crippen LogP contribution in [0.15, 0.2) is 35.3 Å². The molecule has 0 aliphatic carbocycles. The number of hydrogen-bond acceptors (Lipinski definition) is 4. The second-order valence-corrected chi connectivity index (χ2v) is 7.08. The van der Waals surface area contributed by atoms with Crippen LogP contribution in [0.4, 0.5) is 4.79 Å². The van der Waals surface area contributed by atoms with Crippen molar-refractivity contribution in [2.75, 3.05) is 40.4 Å². The Bertz CT molecular complexity index is 629. The first kappa shape index (κ1) is 19.5. The van der Waals surface area contributed by atoms with Gasteiger partial charge in [0.25, 0.3) is 0 Å². The van der Waals surface area contributed by atoms with Gasteiger partial charge in [-0.15, -0.1) is 0 Å². The maximum atomic E-state index is 11.6. The van der Waals surface area contributed by atoms with Gasteiger partial charge in [0.1, 0.15) is 0 Å². The van der Waals surface area contributed by atoms with Crippen LogP contribution in [0.25, 0.3) is 0 Å². The average Bonchev–Trinajstić information content (AvgIpc) is 3.20. The Morgan fingerprint density at radius 1 is 1.26 bits per heavy atom. The number of guanidine groups is 1. The Balaban J connectivity index is 1.46. The Morgan fingerprint density at radius 2 is 2.00 bits per heavy atom. The highest BCUT2D eigenvalue weighted by Crippen LogP contribution is 2.33. The molecule has 2 aliphatic heterocycles. The maximum absolute atomic E-state index is 11.6. The van der Waals surface area contributed by atoms with Crippen LogP contribution in [0.2, 0.25) is 0 Å². The zero-order valence-corrected chi connectivity index (χ0v) is 16.2. The smallest absolute Gasteiger partial charge is 0.409 e. The van der Waals surface area contributed by atoms with Crippen LogP contribution in [-0.4, -0.2) is 63.4 Å². The second-order valence-electron chi connectivity index (χ2n) is 7.08. The standard InChI is InChI=1S/C20H30N4O3/c1-21-19(23-17-8-11-24(12-9-17)20(25)26-2)22-14-16-10-13-27-18(16)15-6-4-3-5-7-15/h3-7,16-18H,8-14H2,1-2H3,(H2,21,22,23). The fourth-order valence-electron chi connectivity index (χ4n) is 3.81. The Labute approximate surface area is 161 Å². The molecule has 2 N–H and O–H groups in total. The van der Waals surface area contributed by atoms with Gasteiger partial charge in [0.05, 0.1) is 13.2 Å². The first-order chi connectivity index (χ1) is 13.2. The largest absolute Gasteiger partial charge is 0.453 e. The molecule has 2 saturated heterocycles. The molecule has 27 heavy (non-hydrogen) atoms. The molecule has 1 amide bonds. The lowest BCUT2D eigenvalue weighted by atomic mass is 9.95. The van der Waals surface area contributed by atoms with Crippen LogP contribution in [0.5, 0.6) is 0 Å². The Morgan fingerprint density at radius 3 is 2.67 bits per heavy atom. The van der Waals surface area contributed by atoms with Crippen molar-refractivity contribution in [3.05, 3.63) is 35.9 Å². The van der Waals surface area contributed by atoms with E-state index < -0.39 is 0 Å². The summed E-state index contributed by atoms with van der Waals surface area (Å²) >= 11 is 0. The average molecular weight is 374 g/mol. The molecule has 2 aliphatic rings. The predicted molar refractivity (Wildman–Crippen MR) is 105 cm³/mol. The summed E-state index contributed by atoms with van der Waals surface area (Å²) in [6.07, 6.45) is 2.70. The van der Waals surface area contributed by atoms with Crippen LogP contribution in [-0.2, 0) is 9.47 Å². The first-order valence-electron chi connectivity index (χ1n) is 9.68. The monoisotopic (exact) mass is 374 g/mol. The lowest BCUT2D eigenvalue weighted by Gasteiger charge is -2.32. The number of aliphatic imine (C=N–C) groups is 1. The number of carbonyl (C=O) groups is 1. The van der Waals surface area contributed by atoms with E-state index in [0.29, 0.717) is 25.0 Å². The number of ether oxygens (including phenoxy) is 2. The van der Waals surface area contributed by atoms with Crippen LogP contribution in [0.1, 0.15) is 30.9 Å². The molecule has 0 aromatic heterocycles. The highest BCUT2D eigenvalue weighted by atomic mass is 16.5. The fraction of sp³-hybridized carbons (Fsp3) is 0.600. The molecule has 2 atom stereocenters. The number of rotatable bonds is 4. The van der Waals surface area contributed by atoms with E-state index in [1.54, 1.807) is 11.9 Å². The highest BCUT2D eigenvalue weighted by Gasteiger charge is 2.30. The molecule has 0 spiro atoms. The number of nitrogens with one attached hydrogen (secondary N) is 2. The van der Waals surface area contributed by atoms with Crippen LogP contribution >= 0.6 is 0 Å². The fourth-order valence-corrected chi connectivity index (χ4v) is 3.81. The van der Waals surface area contributed by atoms with Crippen molar-refractivity contribution in [2.24, 2.45) is 10.9 Å². The van der Waals surface area contributed by atoms with Crippen molar-refractivity contribution in [3.8, 4) is 0 Å². The minimum absolute atomic E-state index is 0.139. The van der Waals surface area contributed by atoms with E-state index in [1.807, 2.05) is 6.07 Å². The summed E-state index contributed by atoms with van der Waals surface area (Å²) in [6, 6.07) is 10.7. The number of methoxy groups -OCH3 is 1. The molecule has 3 rings (SSSR count). The molecule has 7 heteroatoms. The third-order valence-corrected chi connectivity index (χ3v) is 5.37. The highest BCUT2D eigenvalue weighted by molar-refractivity contribution is 5.80. The van der Waals surface area contributed by atoms with Crippen molar-refractivity contribution in [3.63, 3.8) is 0 Å². The minimum atomic E-state index is -0.246. The summed E-state index contributed by atoms with van der Waals surface area (Å²) in [6.45, 7) is 3.02. The molecule has 0 radical (unpaired) electrons. The summed E-state index contributed by atoms with van der Waals surface area (Å²) in [5.41, 5.74) is 1.24. The molecule has 0 saturated carbocycles. The molecule has 2 heterocycles. The number of carbonyl (C=O) groups excluding carboxylic acids is 1. The first-order valence-corrected chi connectivity index (χ1v) is 9.68. The van der Waals surface area contributed by atoms with Crippen LogP contribution < -0.4 is 10.6 Å². The van der Waals surface area contributed by atoms with Gasteiger partial charge in [-0.25, -0.2) is 4.79 Å². The second kappa shape index (κ2) is 9.60. The molecule has 1 aromatic carbocycles. The number of likely N-dealkylation sites (tertiary alicyclic amines) is 1. The van der Waals surface area contributed by atoms with Crippen molar-refractivity contribution in [1.82, 2.24) is 15.5 Å².